The van der Waals surface area contributed by atoms with Gasteiger partial charge in [0.25, 0.3) is 0 Å². The number of carbonyl (C=O) groups excluding carboxylic acids is 1. The van der Waals surface area contributed by atoms with Crippen LogP contribution in [0.5, 0.6) is 5.75 Å². The van der Waals surface area contributed by atoms with Crippen molar-refractivity contribution in [3.63, 3.8) is 0 Å². The summed E-state index contributed by atoms with van der Waals surface area (Å²) in [5.41, 5.74) is 0.162. The van der Waals surface area contributed by atoms with Crippen LogP contribution in [0, 0.1) is 0 Å². The summed E-state index contributed by atoms with van der Waals surface area (Å²) in [6.07, 6.45) is 0. The van der Waals surface area contributed by atoms with Gasteiger partial charge in [-0.1, -0.05) is 12.1 Å². The highest BCUT2D eigenvalue weighted by Crippen LogP contribution is 2.15. The van der Waals surface area contributed by atoms with Gasteiger partial charge in [0.1, 0.15) is 12.4 Å². The Kier molecular flexibility index (Phi) is 2.23. The minimum absolute atomic E-state index is 0.0912. The smallest absolute Gasteiger partial charge is 0.191 e. The van der Waals surface area contributed by atoms with Gasteiger partial charge in [-0.2, -0.15) is 0 Å². The van der Waals surface area contributed by atoms with Crippen molar-refractivity contribution in [2.24, 2.45) is 0 Å². The summed E-state index contributed by atoms with van der Waals surface area (Å²) < 4.78 is 0. The highest BCUT2D eigenvalue weighted by atomic mass is 16.3. The number of hydrogen-bond acceptors (Lipinski definition) is 3. The number of para-hydroxylation sites is 1. The molecule has 0 aliphatic carbocycles. The first kappa shape index (κ1) is 7.75. The Morgan fingerprint density at radius 1 is 1.36 bits per heavy atom. The summed E-state index contributed by atoms with van der Waals surface area (Å²) >= 11 is 0. The molecule has 0 bridgehead atoms. The van der Waals surface area contributed by atoms with Crippen LogP contribution >= 0.6 is 0 Å². The third kappa shape index (κ3) is 1.56. The van der Waals surface area contributed by atoms with Gasteiger partial charge in [-0.25, -0.2) is 0 Å². The summed E-state index contributed by atoms with van der Waals surface area (Å²) in [6, 6.07) is 6.11. The van der Waals surface area contributed by atoms with Gasteiger partial charge in [0, 0.05) is 0 Å². The number of aromatic hydroxyl groups is 1. The average Bonchev–Trinajstić information content (AvgIpc) is 2.04. The molecule has 0 amide bonds. The summed E-state index contributed by atoms with van der Waals surface area (Å²) in [7, 11) is 0. The van der Waals surface area contributed by atoms with E-state index in [-0.39, 0.29) is 11.3 Å². The van der Waals surface area contributed by atoms with Gasteiger partial charge in [-0.3, -0.25) is 4.79 Å². The van der Waals surface area contributed by atoms with E-state index in [0.29, 0.717) is 0 Å². The molecule has 0 heterocycles. The largest absolute Gasteiger partial charge is 0.507 e. The molecule has 0 aliphatic rings. The minimum atomic E-state index is -0.572. The molecule has 0 fully saturated rings. The maximum Gasteiger partial charge on any atom is 0.191 e. The number of rotatable bonds is 2. The van der Waals surface area contributed by atoms with Crippen LogP contribution in [-0.4, -0.2) is 22.6 Å². The topological polar surface area (TPSA) is 57.5 Å². The van der Waals surface area contributed by atoms with E-state index in [0.717, 1.165) is 0 Å². The molecule has 0 spiro atoms. The molecule has 0 unspecified atom stereocenters. The van der Waals surface area contributed by atoms with Gasteiger partial charge in [-0.05, 0) is 12.1 Å². The van der Waals surface area contributed by atoms with E-state index in [4.69, 9.17) is 10.2 Å². The van der Waals surface area contributed by atoms with E-state index in [2.05, 4.69) is 0 Å². The fourth-order valence-electron chi connectivity index (χ4n) is 0.795. The van der Waals surface area contributed by atoms with Gasteiger partial charge in [0.15, 0.2) is 5.78 Å². The second-order valence-corrected chi connectivity index (χ2v) is 2.10. The fourth-order valence-corrected chi connectivity index (χ4v) is 0.795. The van der Waals surface area contributed by atoms with Crippen molar-refractivity contribution in [2.75, 3.05) is 6.61 Å². The Balaban J connectivity index is 3.03. The van der Waals surface area contributed by atoms with E-state index in [1.54, 1.807) is 12.1 Å². The van der Waals surface area contributed by atoms with E-state index in [1.165, 1.54) is 12.1 Å². The van der Waals surface area contributed by atoms with Gasteiger partial charge in [0.05, 0.1) is 5.56 Å². The third-order valence-corrected chi connectivity index (χ3v) is 1.35. The molecule has 0 saturated carbocycles. The molecular formula is C8H8O3. The highest BCUT2D eigenvalue weighted by molar-refractivity contribution is 5.99. The quantitative estimate of drug-likeness (QED) is 0.609. The van der Waals surface area contributed by atoms with Crippen LogP contribution in [0.25, 0.3) is 0 Å². The van der Waals surface area contributed by atoms with E-state index in [9.17, 15) is 4.79 Å². The van der Waals surface area contributed by atoms with Gasteiger partial charge in [0.2, 0.25) is 0 Å². The van der Waals surface area contributed by atoms with Crippen molar-refractivity contribution < 1.29 is 15.0 Å². The second kappa shape index (κ2) is 3.16. The number of carbonyl (C=O) groups is 1. The Bertz CT molecular complexity index is 268. The van der Waals surface area contributed by atoms with Crippen molar-refractivity contribution in [2.45, 2.75) is 0 Å². The normalized spacial score (nSPS) is 9.55. The number of aliphatic hydroxyl groups excluding tert-OH is 1. The number of aliphatic hydroxyl groups is 1. The predicted octanol–water partition coefficient (Wildman–Crippen LogP) is 0.567. The Hall–Kier alpha value is -1.35. The lowest BCUT2D eigenvalue weighted by molar-refractivity contribution is 0.0901. The molecule has 3 nitrogen and oxygen atoms in total. The molecule has 0 saturated heterocycles. The van der Waals surface area contributed by atoms with Crippen LogP contribution in [0.4, 0.5) is 0 Å². The Labute approximate surface area is 63.9 Å². The molecule has 2 N–H and O–H groups in total. The van der Waals surface area contributed by atoms with E-state index >= 15 is 0 Å². The standard InChI is InChI=1S/C8H8O3/c9-5-8(11)6-3-1-2-4-7(6)10/h1-4,9-10H,5H2. The number of phenolic OH excluding ortho intramolecular Hbond substituents is 1. The van der Waals surface area contributed by atoms with Crippen LogP contribution < -0.4 is 0 Å². The summed E-state index contributed by atoms with van der Waals surface area (Å²) in [4.78, 5) is 10.8. The van der Waals surface area contributed by atoms with Crippen LogP contribution in [0.3, 0.4) is 0 Å². The minimum Gasteiger partial charge on any atom is -0.507 e. The first-order valence-corrected chi connectivity index (χ1v) is 3.17. The van der Waals surface area contributed by atoms with E-state index < -0.39 is 12.4 Å². The molecule has 0 aliphatic heterocycles. The molecule has 1 aromatic rings. The first-order chi connectivity index (χ1) is 5.25. The van der Waals surface area contributed by atoms with Crippen LogP contribution in [0.1, 0.15) is 10.4 Å². The lowest BCUT2D eigenvalue weighted by Gasteiger charge is -1.98. The summed E-state index contributed by atoms with van der Waals surface area (Å²) in [6.45, 7) is -0.572. The lowest BCUT2D eigenvalue weighted by Crippen LogP contribution is -2.03. The maximum absolute atomic E-state index is 10.8. The van der Waals surface area contributed by atoms with Gasteiger partial charge in [-0.15, -0.1) is 0 Å². The molecule has 0 radical (unpaired) electrons. The molecule has 11 heavy (non-hydrogen) atoms. The molecule has 1 rings (SSSR count). The van der Waals surface area contributed by atoms with Crippen molar-refractivity contribution in [1.82, 2.24) is 0 Å². The Morgan fingerprint density at radius 2 is 2.00 bits per heavy atom. The first-order valence-electron chi connectivity index (χ1n) is 3.17. The lowest BCUT2D eigenvalue weighted by atomic mass is 10.1. The third-order valence-electron chi connectivity index (χ3n) is 1.35. The van der Waals surface area contributed by atoms with Crippen LogP contribution in [0.15, 0.2) is 24.3 Å². The van der Waals surface area contributed by atoms with Crippen LogP contribution in [-0.2, 0) is 0 Å². The number of phenols is 1. The number of ketones is 1. The number of Topliss-reactive ketones (excluding diaryl/α,β-unsaturated/α-hetero) is 1. The maximum atomic E-state index is 10.8. The zero-order valence-corrected chi connectivity index (χ0v) is 5.82. The van der Waals surface area contributed by atoms with Crippen LogP contribution in [0.2, 0.25) is 0 Å². The van der Waals surface area contributed by atoms with Gasteiger partial charge < -0.3 is 10.2 Å². The molecular weight excluding hydrogens is 144 g/mol. The van der Waals surface area contributed by atoms with Crippen molar-refractivity contribution in [1.29, 1.82) is 0 Å². The van der Waals surface area contributed by atoms with Gasteiger partial charge >= 0.3 is 0 Å². The Morgan fingerprint density at radius 3 is 2.55 bits per heavy atom. The molecule has 0 atom stereocenters. The summed E-state index contributed by atoms with van der Waals surface area (Å²) in [5, 5.41) is 17.5. The molecule has 58 valence electrons. The highest BCUT2D eigenvalue weighted by Gasteiger charge is 2.07. The monoisotopic (exact) mass is 152 g/mol. The van der Waals surface area contributed by atoms with Crippen molar-refractivity contribution >= 4 is 5.78 Å². The SMILES string of the molecule is O=C(CO)c1ccccc1O. The zero-order valence-electron chi connectivity index (χ0n) is 5.82. The number of benzene rings is 1. The number of hydrogen-bond donors (Lipinski definition) is 2. The fraction of sp³-hybridized carbons (Fsp3) is 0.125. The average molecular weight is 152 g/mol. The van der Waals surface area contributed by atoms with E-state index in [1.807, 2.05) is 0 Å². The molecule has 3 heteroatoms. The van der Waals surface area contributed by atoms with Crippen molar-refractivity contribution in [3.8, 4) is 5.75 Å². The predicted molar refractivity (Wildman–Crippen MR) is 39.5 cm³/mol. The zero-order chi connectivity index (χ0) is 8.27. The molecule has 0 aromatic heterocycles. The van der Waals surface area contributed by atoms with Crippen molar-refractivity contribution in [3.05, 3.63) is 29.8 Å². The molecule has 1 aromatic carbocycles. The second-order valence-electron chi connectivity index (χ2n) is 2.10. The summed E-state index contributed by atoms with van der Waals surface area (Å²) in [5.74, 6) is -0.561.